The van der Waals surface area contributed by atoms with Gasteiger partial charge in [0.1, 0.15) is 6.61 Å². The molecule has 0 heterocycles. The maximum absolute atomic E-state index is 11.9. The smallest absolute Gasteiger partial charge is 0.305 e. The van der Waals surface area contributed by atoms with Crippen LogP contribution in [0.2, 0.25) is 0 Å². The highest BCUT2D eigenvalue weighted by Gasteiger charge is 2.08. The summed E-state index contributed by atoms with van der Waals surface area (Å²) in [4.78, 5) is 11.9. The molecule has 0 saturated carbocycles. The topological polar surface area (TPSA) is 46.5 Å². The van der Waals surface area contributed by atoms with Crippen molar-refractivity contribution in [2.75, 3.05) is 6.61 Å². The number of rotatable bonds is 29. The summed E-state index contributed by atoms with van der Waals surface area (Å²) in [6, 6.07) is 0. The molecule has 1 N–H and O–H groups in total. The van der Waals surface area contributed by atoms with Crippen LogP contribution in [0.25, 0.3) is 0 Å². The zero-order valence-corrected chi connectivity index (χ0v) is 24.1. The van der Waals surface area contributed by atoms with Gasteiger partial charge in [0.15, 0.2) is 0 Å². The molecule has 0 aliphatic carbocycles. The Morgan fingerprint density at radius 2 is 0.829 bits per heavy atom. The van der Waals surface area contributed by atoms with E-state index in [4.69, 9.17) is 4.74 Å². The largest absolute Gasteiger partial charge is 0.463 e. The number of carbonyl (C=O) groups is 1. The van der Waals surface area contributed by atoms with Crippen molar-refractivity contribution in [3.63, 3.8) is 0 Å². The number of unbranched alkanes of at least 4 members (excludes halogenated alkanes) is 23. The van der Waals surface area contributed by atoms with Gasteiger partial charge in [0.05, 0.1) is 6.10 Å². The molecule has 0 fully saturated rings. The highest BCUT2D eigenvalue weighted by Crippen LogP contribution is 2.15. The molecule has 1 atom stereocenters. The van der Waals surface area contributed by atoms with Gasteiger partial charge in [-0.3, -0.25) is 4.79 Å². The van der Waals surface area contributed by atoms with E-state index >= 15 is 0 Å². The van der Waals surface area contributed by atoms with Crippen LogP contribution in [-0.4, -0.2) is 23.8 Å². The van der Waals surface area contributed by atoms with Gasteiger partial charge in [0.2, 0.25) is 0 Å². The Labute approximate surface area is 220 Å². The Morgan fingerprint density at radius 3 is 1.20 bits per heavy atom. The lowest BCUT2D eigenvalue weighted by Crippen LogP contribution is -2.18. The van der Waals surface area contributed by atoms with Crippen LogP contribution >= 0.6 is 0 Å². The van der Waals surface area contributed by atoms with Crippen molar-refractivity contribution in [1.82, 2.24) is 0 Å². The Morgan fingerprint density at radius 1 is 0.514 bits per heavy atom. The lowest BCUT2D eigenvalue weighted by atomic mass is 10.0. The molecule has 0 aromatic carbocycles. The van der Waals surface area contributed by atoms with E-state index in [-0.39, 0.29) is 12.6 Å². The van der Waals surface area contributed by atoms with E-state index in [1.54, 1.807) is 0 Å². The molecule has 0 radical (unpaired) electrons. The van der Waals surface area contributed by atoms with Crippen LogP contribution in [0.15, 0.2) is 0 Å². The Balaban J connectivity index is 3.27. The fourth-order valence-electron chi connectivity index (χ4n) is 4.85. The van der Waals surface area contributed by atoms with Gasteiger partial charge in [-0.2, -0.15) is 0 Å². The second-order valence-electron chi connectivity index (χ2n) is 11.0. The van der Waals surface area contributed by atoms with E-state index in [0.717, 1.165) is 25.7 Å². The second-order valence-corrected chi connectivity index (χ2v) is 11.0. The van der Waals surface area contributed by atoms with Crippen LogP contribution in [-0.2, 0) is 9.53 Å². The van der Waals surface area contributed by atoms with Gasteiger partial charge in [-0.15, -0.1) is 0 Å². The minimum atomic E-state index is -0.492. The Bertz CT molecular complexity index is 410. The highest BCUT2D eigenvalue weighted by molar-refractivity contribution is 5.69. The number of ether oxygens (including phenoxy) is 1. The molecular formula is C32H64O3. The molecule has 0 aromatic heterocycles. The van der Waals surface area contributed by atoms with Crippen molar-refractivity contribution >= 4 is 5.97 Å². The number of esters is 1. The quantitative estimate of drug-likeness (QED) is 0.0827. The van der Waals surface area contributed by atoms with E-state index in [9.17, 15) is 9.90 Å². The number of hydrogen-bond acceptors (Lipinski definition) is 3. The maximum Gasteiger partial charge on any atom is 0.305 e. The third-order valence-electron chi connectivity index (χ3n) is 7.31. The summed E-state index contributed by atoms with van der Waals surface area (Å²) in [7, 11) is 0. The summed E-state index contributed by atoms with van der Waals surface area (Å²) in [6.07, 6.45) is 33.7. The first-order valence-corrected chi connectivity index (χ1v) is 16.0. The van der Waals surface area contributed by atoms with Crippen molar-refractivity contribution in [1.29, 1.82) is 0 Å². The van der Waals surface area contributed by atoms with Gasteiger partial charge in [0, 0.05) is 6.42 Å². The molecule has 0 bridgehead atoms. The molecule has 0 rings (SSSR count). The first kappa shape index (κ1) is 34.4. The molecule has 0 aromatic rings. The fraction of sp³-hybridized carbons (Fsp3) is 0.969. The van der Waals surface area contributed by atoms with Crippen molar-refractivity contribution in [3.05, 3.63) is 0 Å². The molecule has 210 valence electrons. The minimum absolute atomic E-state index is 0.137. The third kappa shape index (κ3) is 29.5. The monoisotopic (exact) mass is 496 g/mol. The number of carbonyl (C=O) groups excluding carboxylic acids is 1. The van der Waals surface area contributed by atoms with E-state index in [2.05, 4.69) is 13.8 Å². The lowest BCUT2D eigenvalue weighted by Gasteiger charge is -2.11. The second kappa shape index (κ2) is 29.7. The van der Waals surface area contributed by atoms with Crippen LogP contribution < -0.4 is 0 Å². The van der Waals surface area contributed by atoms with Crippen LogP contribution in [0.3, 0.4) is 0 Å². The van der Waals surface area contributed by atoms with Crippen LogP contribution in [0.1, 0.15) is 187 Å². The van der Waals surface area contributed by atoms with Gasteiger partial charge in [-0.1, -0.05) is 168 Å². The normalized spacial score (nSPS) is 12.2. The Hall–Kier alpha value is -0.570. The summed E-state index contributed by atoms with van der Waals surface area (Å²) in [5.41, 5.74) is 0. The van der Waals surface area contributed by atoms with E-state index in [1.165, 1.54) is 141 Å². The van der Waals surface area contributed by atoms with Crippen LogP contribution in [0.4, 0.5) is 0 Å². The maximum atomic E-state index is 11.9. The fourth-order valence-corrected chi connectivity index (χ4v) is 4.85. The van der Waals surface area contributed by atoms with Gasteiger partial charge < -0.3 is 9.84 Å². The average molecular weight is 497 g/mol. The van der Waals surface area contributed by atoms with E-state index < -0.39 is 6.10 Å². The van der Waals surface area contributed by atoms with Crippen molar-refractivity contribution < 1.29 is 14.6 Å². The first-order chi connectivity index (χ1) is 17.2. The highest BCUT2D eigenvalue weighted by atomic mass is 16.5. The summed E-state index contributed by atoms with van der Waals surface area (Å²) in [6.45, 7) is 4.72. The summed E-state index contributed by atoms with van der Waals surface area (Å²) in [5, 5.41) is 10.0. The van der Waals surface area contributed by atoms with E-state index in [1.807, 2.05) is 0 Å². The number of aliphatic hydroxyl groups excluding tert-OH is 1. The van der Waals surface area contributed by atoms with Gasteiger partial charge >= 0.3 is 5.97 Å². The Kier molecular flexibility index (Phi) is 29.2. The molecule has 0 amide bonds. The first-order valence-electron chi connectivity index (χ1n) is 16.0. The minimum Gasteiger partial charge on any atom is -0.463 e. The molecular weight excluding hydrogens is 432 g/mol. The molecule has 3 nitrogen and oxygen atoms in total. The van der Waals surface area contributed by atoms with Gasteiger partial charge in [-0.05, 0) is 12.8 Å². The molecule has 1 unspecified atom stereocenters. The van der Waals surface area contributed by atoms with Gasteiger partial charge in [0.25, 0.3) is 0 Å². The van der Waals surface area contributed by atoms with Crippen molar-refractivity contribution in [2.45, 2.75) is 193 Å². The average Bonchev–Trinajstić information content (AvgIpc) is 2.86. The molecule has 0 aliphatic heterocycles. The molecule has 0 spiro atoms. The number of aliphatic hydroxyl groups is 1. The molecule has 0 aliphatic rings. The summed E-state index contributed by atoms with van der Waals surface area (Å²) < 4.78 is 5.28. The molecule has 0 saturated heterocycles. The van der Waals surface area contributed by atoms with Crippen LogP contribution in [0, 0.1) is 0 Å². The number of hydrogen-bond donors (Lipinski definition) is 1. The predicted molar refractivity (Wildman–Crippen MR) is 153 cm³/mol. The van der Waals surface area contributed by atoms with E-state index in [0.29, 0.717) is 6.42 Å². The predicted octanol–water partition coefficient (Wildman–Crippen LogP) is 10.5. The molecule has 3 heteroatoms. The van der Waals surface area contributed by atoms with Crippen LogP contribution in [0.5, 0.6) is 0 Å². The summed E-state index contributed by atoms with van der Waals surface area (Å²) >= 11 is 0. The zero-order valence-electron chi connectivity index (χ0n) is 24.1. The SMILES string of the molecule is CCCCCCCCCCCCCCCCCC(=O)OCC(O)CCCCCCCCCCCC. The zero-order chi connectivity index (χ0) is 25.7. The van der Waals surface area contributed by atoms with Gasteiger partial charge in [-0.25, -0.2) is 0 Å². The molecule has 35 heavy (non-hydrogen) atoms. The standard InChI is InChI=1S/C32H64O3/c1-3-5-7-9-11-13-15-16-17-18-19-21-23-25-27-29-32(34)35-30-31(33)28-26-24-22-20-14-12-10-8-6-4-2/h31,33H,3-30H2,1-2H3. The summed E-state index contributed by atoms with van der Waals surface area (Å²) in [5.74, 6) is -0.137. The third-order valence-corrected chi connectivity index (χ3v) is 7.31. The lowest BCUT2D eigenvalue weighted by molar-refractivity contribution is -0.146. The van der Waals surface area contributed by atoms with Crippen molar-refractivity contribution in [3.8, 4) is 0 Å². The van der Waals surface area contributed by atoms with Crippen molar-refractivity contribution in [2.24, 2.45) is 0 Å².